The summed E-state index contributed by atoms with van der Waals surface area (Å²) in [6.07, 6.45) is 3.48. The highest BCUT2D eigenvalue weighted by atomic mass is 32.1. The molecule has 0 aliphatic carbocycles. The largest absolute Gasteiger partial charge is 0.777 e. The molecule has 0 aliphatic heterocycles. The van der Waals surface area contributed by atoms with Crippen LogP contribution in [-0.2, 0) is 12.6 Å². The predicted molar refractivity (Wildman–Crippen MR) is 80.1 cm³/mol. The number of aromatic nitrogens is 3. The van der Waals surface area contributed by atoms with Crippen molar-refractivity contribution in [2.45, 2.75) is 9.79 Å². The first-order chi connectivity index (χ1) is 9.27. The van der Waals surface area contributed by atoms with Crippen molar-refractivity contribution in [2.24, 2.45) is 0 Å². The highest BCUT2D eigenvalue weighted by molar-refractivity contribution is 7.81. The van der Waals surface area contributed by atoms with Gasteiger partial charge < -0.3 is 17.6 Å². The molecule has 0 bridgehead atoms. The van der Waals surface area contributed by atoms with Crippen molar-refractivity contribution >= 4 is 25.3 Å². The molecule has 3 heterocycles. The molecule has 0 radical (unpaired) electrons. The van der Waals surface area contributed by atoms with Gasteiger partial charge in [-0.1, -0.05) is 12.1 Å². The Morgan fingerprint density at radius 1 is 0.895 bits per heavy atom. The van der Waals surface area contributed by atoms with Crippen LogP contribution in [0.3, 0.4) is 0 Å². The SMILES string of the molecule is [S-]c1c(-c2ccccn2)[nH]c(-c2ccccn2)c1S. The Bertz CT molecular complexity index is 633. The minimum Gasteiger partial charge on any atom is -0.777 e. The number of aromatic amines is 1. The molecule has 0 amide bonds. The fourth-order valence-corrected chi connectivity index (χ4v) is 2.40. The molecule has 1 N–H and O–H groups in total. The van der Waals surface area contributed by atoms with Gasteiger partial charge in [0, 0.05) is 23.0 Å². The van der Waals surface area contributed by atoms with Gasteiger partial charge in [-0.05, 0) is 24.3 Å². The number of thiol groups is 1. The van der Waals surface area contributed by atoms with Gasteiger partial charge in [-0.2, -0.15) is 0 Å². The van der Waals surface area contributed by atoms with Crippen molar-refractivity contribution in [1.82, 2.24) is 15.0 Å². The number of H-pyrrole nitrogens is 1. The molecule has 3 aromatic heterocycles. The molecule has 0 saturated carbocycles. The van der Waals surface area contributed by atoms with E-state index in [1.807, 2.05) is 36.4 Å². The van der Waals surface area contributed by atoms with Crippen LogP contribution in [0.2, 0.25) is 0 Å². The first-order valence-corrected chi connectivity index (χ1v) is 6.57. The van der Waals surface area contributed by atoms with Crippen LogP contribution in [-0.4, -0.2) is 15.0 Å². The summed E-state index contributed by atoms with van der Waals surface area (Å²) in [6, 6.07) is 11.4. The maximum Gasteiger partial charge on any atom is 0.0875 e. The van der Waals surface area contributed by atoms with E-state index in [0.29, 0.717) is 4.90 Å². The van der Waals surface area contributed by atoms with Crippen LogP contribution in [0.4, 0.5) is 0 Å². The molecule has 0 saturated heterocycles. The topological polar surface area (TPSA) is 41.6 Å². The van der Waals surface area contributed by atoms with Gasteiger partial charge in [0.05, 0.1) is 17.1 Å². The minimum absolute atomic E-state index is 0.669. The summed E-state index contributed by atoms with van der Waals surface area (Å²) in [7, 11) is 0. The zero-order chi connectivity index (χ0) is 13.2. The lowest BCUT2D eigenvalue weighted by molar-refractivity contribution is 1.24. The lowest BCUT2D eigenvalue weighted by Gasteiger charge is -2.07. The Morgan fingerprint density at radius 2 is 1.47 bits per heavy atom. The normalized spacial score (nSPS) is 10.6. The molecular weight excluding hydrogens is 274 g/mol. The fourth-order valence-electron chi connectivity index (χ4n) is 1.86. The molecule has 3 aromatic rings. The van der Waals surface area contributed by atoms with Crippen LogP contribution >= 0.6 is 12.6 Å². The summed E-state index contributed by atoms with van der Waals surface area (Å²) in [5.41, 5.74) is 3.27. The lowest BCUT2D eigenvalue weighted by atomic mass is 10.2. The van der Waals surface area contributed by atoms with Crippen LogP contribution in [0.15, 0.2) is 58.6 Å². The van der Waals surface area contributed by atoms with E-state index in [-0.39, 0.29) is 0 Å². The monoisotopic (exact) mass is 284 g/mol. The minimum atomic E-state index is 0.669. The van der Waals surface area contributed by atoms with Crippen molar-refractivity contribution < 1.29 is 0 Å². The van der Waals surface area contributed by atoms with Gasteiger partial charge in [0.1, 0.15) is 0 Å². The predicted octanol–water partition coefficient (Wildman–Crippen LogP) is 3.33. The third kappa shape index (κ3) is 2.22. The van der Waals surface area contributed by atoms with Gasteiger partial charge in [-0.3, -0.25) is 9.97 Å². The first kappa shape index (κ1) is 12.2. The molecular formula is C14H10N3S2-. The third-order valence-electron chi connectivity index (χ3n) is 2.77. The Kier molecular flexibility index (Phi) is 3.23. The third-order valence-corrected chi connectivity index (χ3v) is 3.78. The zero-order valence-corrected chi connectivity index (χ0v) is 11.6. The van der Waals surface area contributed by atoms with E-state index in [2.05, 4.69) is 27.6 Å². The second-order valence-electron chi connectivity index (χ2n) is 3.98. The van der Waals surface area contributed by atoms with Gasteiger partial charge in [-0.25, -0.2) is 0 Å². The maximum absolute atomic E-state index is 5.42. The number of pyridine rings is 2. The Morgan fingerprint density at radius 3 is 2.00 bits per heavy atom. The van der Waals surface area contributed by atoms with Crippen molar-refractivity contribution in [1.29, 1.82) is 0 Å². The average molecular weight is 284 g/mol. The molecule has 0 unspecified atom stereocenters. The van der Waals surface area contributed by atoms with E-state index < -0.39 is 0 Å². The van der Waals surface area contributed by atoms with Crippen LogP contribution in [0.25, 0.3) is 22.8 Å². The summed E-state index contributed by atoms with van der Waals surface area (Å²) in [5, 5.41) is 0. The molecule has 5 heteroatoms. The van der Waals surface area contributed by atoms with Crippen LogP contribution in [0.5, 0.6) is 0 Å². The number of rotatable bonds is 2. The zero-order valence-electron chi connectivity index (χ0n) is 9.87. The molecule has 0 spiro atoms. The molecule has 0 fully saturated rings. The summed E-state index contributed by atoms with van der Waals surface area (Å²) in [4.78, 5) is 13.3. The lowest BCUT2D eigenvalue weighted by Crippen LogP contribution is -1.85. The number of nitrogens with zero attached hydrogens (tertiary/aromatic N) is 2. The van der Waals surface area contributed by atoms with Gasteiger partial charge in [0.2, 0.25) is 0 Å². The van der Waals surface area contributed by atoms with E-state index >= 15 is 0 Å². The van der Waals surface area contributed by atoms with Crippen LogP contribution in [0.1, 0.15) is 0 Å². The Balaban J connectivity index is 2.16. The summed E-state index contributed by atoms with van der Waals surface area (Å²) >= 11 is 9.91. The van der Waals surface area contributed by atoms with Gasteiger partial charge >= 0.3 is 0 Å². The number of hydrogen-bond acceptors (Lipinski definition) is 4. The average Bonchev–Trinajstić information content (AvgIpc) is 2.77. The molecule has 3 rings (SSSR count). The standard InChI is InChI=1S/C14H11N3S2/c18-13-11(9-5-1-3-7-15-9)17-12(14(13)19)10-6-2-4-8-16-10/h1-8,17-19H/p-1. The molecule has 0 aliphatic rings. The van der Waals surface area contributed by atoms with E-state index in [0.717, 1.165) is 27.7 Å². The summed E-state index contributed by atoms with van der Waals surface area (Å²) in [6.45, 7) is 0. The molecule has 3 nitrogen and oxygen atoms in total. The molecule has 19 heavy (non-hydrogen) atoms. The van der Waals surface area contributed by atoms with Gasteiger partial charge in [-0.15, -0.1) is 17.5 Å². The quantitative estimate of drug-likeness (QED) is 0.560. The Hall–Kier alpha value is -1.85. The smallest absolute Gasteiger partial charge is 0.0875 e. The van der Waals surface area contributed by atoms with Crippen molar-refractivity contribution in [3.8, 4) is 22.8 Å². The molecule has 0 atom stereocenters. The van der Waals surface area contributed by atoms with E-state index in [1.165, 1.54) is 0 Å². The Labute approximate surface area is 122 Å². The van der Waals surface area contributed by atoms with Crippen LogP contribution < -0.4 is 0 Å². The van der Waals surface area contributed by atoms with Gasteiger partial charge in [0.25, 0.3) is 0 Å². The summed E-state index contributed by atoms with van der Waals surface area (Å²) in [5.74, 6) is 0. The van der Waals surface area contributed by atoms with E-state index in [9.17, 15) is 0 Å². The van der Waals surface area contributed by atoms with Gasteiger partial charge in [0.15, 0.2) is 0 Å². The number of hydrogen-bond donors (Lipinski definition) is 2. The molecule has 0 aromatic carbocycles. The second-order valence-corrected chi connectivity index (χ2v) is 4.84. The van der Waals surface area contributed by atoms with Crippen LogP contribution in [0, 0.1) is 0 Å². The highest BCUT2D eigenvalue weighted by Gasteiger charge is 2.11. The van der Waals surface area contributed by atoms with E-state index in [4.69, 9.17) is 12.6 Å². The van der Waals surface area contributed by atoms with E-state index in [1.54, 1.807) is 12.4 Å². The highest BCUT2D eigenvalue weighted by Crippen LogP contribution is 2.34. The second kappa shape index (κ2) is 5.03. The van der Waals surface area contributed by atoms with Crippen molar-refractivity contribution in [2.75, 3.05) is 0 Å². The maximum atomic E-state index is 5.42. The summed E-state index contributed by atoms with van der Waals surface area (Å²) < 4.78 is 0. The van der Waals surface area contributed by atoms with Crippen molar-refractivity contribution in [3.63, 3.8) is 0 Å². The first-order valence-electron chi connectivity index (χ1n) is 5.72. The number of nitrogens with one attached hydrogen (secondary N) is 1. The fraction of sp³-hybridized carbons (Fsp3) is 0. The van der Waals surface area contributed by atoms with Crippen molar-refractivity contribution in [3.05, 3.63) is 48.8 Å². The molecule has 94 valence electrons.